The van der Waals surface area contributed by atoms with Crippen LogP contribution in [0.3, 0.4) is 0 Å². The Balaban J connectivity index is 1.99. The molecule has 3 aliphatic rings. The first-order valence-electron chi connectivity index (χ1n) is 8.02. The average molecular weight is 315 g/mol. The van der Waals surface area contributed by atoms with Gasteiger partial charge in [0.1, 0.15) is 5.60 Å². The zero-order valence-corrected chi connectivity index (χ0v) is 13.4. The predicted molar refractivity (Wildman–Crippen MR) is 85.1 cm³/mol. The topological polar surface area (TPSA) is 59.0 Å². The molecule has 1 saturated heterocycles. The maximum Gasteiger partial charge on any atom is 0.192 e. The van der Waals surface area contributed by atoms with Crippen molar-refractivity contribution >= 4 is 5.78 Å². The quantitative estimate of drug-likeness (QED) is 0.846. The highest BCUT2D eigenvalue weighted by Crippen LogP contribution is 2.52. The van der Waals surface area contributed by atoms with Crippen molar-refractivity contribution in [3.63, 3.8) is 0 Å². The Hall–Kier alpha value is -1.85. The second kappa shape index (κ2) is 5.08. The molecule has 5 heteroatoms. The molecule has 1 aromatic carbocycles. The summed E-state index contributed by atoms with van der Waals surface area (Å²) in [4.78, 5) is 14.2. The fourth-order valence-electron chi connectivity index (χ4n) is 4.34. The predicted octanol–water partition coefficient (Wildman–Crippen LogP) is 1.29. The van der Waals surface area contributed by atoms with Gasteiger partial charge in [0.15, 0.2) is 23.9 Å². The largest absolute Gasteiger partial charge is 0.493 e. The molecular weight excluding hydrogens is 294 g/mol. The molecule has 1 aliphatic carbocycles. The van der Waals surface area contributed by atoms with Crippen LogP contribution in [0.25, 0.3) is 0 Å². The maximum absolute atomic E-state index is 12.0. The van der Waals surface area contributed by atoms with Crippen molar-refractivity contribution in [1.82, 2.24) is 4.90 Å². The zero-order valence-electron chi connectivity index (χ0n) is 13.4. The van der Waals surface area contributed by atoms with Crippen LogP contribution in [0.5, 0.6) is 11.5 Å². The van der Waals surface area contributed by atoms with Gasteiger partial charge in [0.2, 0.25) is 0 Å². The Morgan fingerprint density at radius 2 is 2.26 bits per heavy atom. The number of ether oxygens (including phenoxy) is 2. The highest BCUT2D eigenvalue weighted by atomic mass is 16.5. The Bertz CT molecular complexity index is 699. The molecule has 0 radical (unpaired) electrons. The normalized spacial score (nSPS) is 32.6. The minimum Gasteiger partial charge on any atom is -0.493 e. The van der Waals surface area contributed by atoms with Crippen LogP contribution in [0, 0.1) is 0 Å². The molecule has 5 nitrogen and oxygen atoms in total. The van der Waals surface area contributed by atoms with Gasteiger partial charge >= 0.3 is 0 Å². The molecule has 0 aromatic heterocycles. The Labute approximate surface area is 135 Å². The number of carbonyl (C=O) groups is 1. The van der Waals surface area contributed by atoms with E-state index in [4.69, 9.17) is 9.47 Å². The molecule has 0 saturated carbocycles. The van der Waals surface area contributed by atoms with Crippen LogP contribution in [0.4, 0.5) is 0 Å². The molecule has 1 N–H and O–H groups in total. The van der Waals surface area contributed by atoms with E-state index in [0.29, 0.717) is 11.5 Å². The van der Waals surface area contributed by atoms with Gasteiger partial charge in [-0.05, 0) is 50.2 Å². The number of methoxy groups -OCH3 is 1. The SMILES string of the molecule is COc1ccc2c3c1OCC(=O)C=CC1(O)C3CCN(C)C1C2. The van der Waals surface area contributed by atoms with Crippen LogP contribution in [0.15, 0.2) is 24.3 Å². The minimum absolute atomic E-state index is 0.0304. The van der Waals surface area contributed by atoms with E-state index < -0.39 is 5.60 Å². The molecule has 2 aliphatic heterocycles. The van der Waals surface area contributed by atoms with Crippen molar-refractivity contribution in [3.8, 4) is 11.5 Å². The van der Waals surface area contributed by atoms with E-state index in [-0.39, 0.29) is 24.3 Å². The second-order valence-corrected chi connectivity index (χ2v) is 6.69. The van der Waals surface area contributed by atoms with Gasteiger partial charge in [-0.3, -0.25) is 9.69 Å². The van der Waals surface area contributed by atoms with Crippen LogP contribution < -0.4 is 9.47 Å². The van der Waals surface area contributed by atoms with Gasteiger partial charge in [0.05, 0.1) is 7.11 Å². The van der Waals surface area contributed by atoms with Gasteiger partial charge in [-0.2, -0.15) is 0 Å². The molecule has 3 unspecified atom stereocenters. The number of hydrogen-bond acceptors (Lipinski definition) is 5. The summed E-state index contributed by atoms with van der Waals surface area (Å²) >= 11 is 0. The third kappa shape index (κ3) is 2.03. The highest BCUT2D eigenvalue weighted by Gasteiger charge is 2.53. The van der Waals surface area contributed by atoms with Crippen LogP contribution in [0.2, 0.25) is 0 Å². The molecule has 122 valence electrons. The monoisotopic (exact) mass is 315 g/mol. The lowest BCUT2D eigenvalue weighted by molar-refractivity contribution is -0.116. The van der Waals surface area contributed by atoms with Gasteiger partial charge < -0.3 is 14.6 Å². The van der Waals surface area contributed by atoms with Crippen LogP contribution in [-0.4, -0.2) is 54.7 Å². The number of likely N-dealkylation sites (tertiary alicyclic amines) is 1. The van der Waals surface area contributed by atoms with E-state index in [2.05, 4.69) is 11.0 Å². The molecule has 1 aromatic rings. The molecule has 3 atom stereocenters. The maximum atomic E-state index is 12.0. The number of nitrogens with zero attached hydrogens (tertiary/aromatic N) is 1. The first-order chi connectivity index (χ1) is 11.0. The summed E-state index contributed by atoms with van der Waals surface area (Å²) in [7, 11) is 3.63. The van der Waals surface area contributed by atoms with Gasteiger partial charge in [-0.15, -0.1) is 0 Å². The summed E-state index contributed by atoms with van der Waals surface area (Å²) in [5, 5.41) is 11.5. The Kier molecular flexibility index (Phi) is 3.25. The summed E-state index contributed by atoms with van der Waals surface area (Å²) in [5.74, 6) is 1.01. The van der Waals surface area contributed by atoms with E-state index in [1.807, 2.05) is 13.1 Å². The summed E-state index contributed by atoms with van der Waals surface area (Å²) in [6.45, 7) is 0.877. The molecule has 0 amide bonds. The summed E-state index contributed by atoms with van der Waals surface area (Å²) in [6, 6.07) is 3.92. The number of rotatable bonds is 1. The lowest BCUT2D eigenvalue weighted by atomic mass is 9.64. The lowest BCUT2D eigenvalue weighted by Crippen LogP contribution is -2.61. The number of carbonyl (C=O) groups excluding carboxylic acids is 1. The Morgan fingerprint density at radius 1 is 1.43 bits per heavy atom. The van der Waals surface area contributed by atoms with E-state index in [0.717, 1.165) is 24.9 Å². The lowest BCUT2D eigenvalue weighted by Gasteiger charge is -2.53. The number of ketones is 1. The first-order valence-corrected chi connectivity index (χ1v) is 8.02. The summed E-state index contributed by atoms with van der Waals surface area (Å²) < 4.78 is 11.3. The molecule has 0 spiro atoms. The van der Waals surface area contributed by atoms with E-state index in [1.165, 1.54) is 11.6 Å². The van der Waals surface area contributed by atoms with Crippen LogP contribution in [0.1, 0.15) is 23.5 Å². The number of benzene rings is 1. The molecule has 1 fully saturated rings. The number of likely N-dealkylation sites (N-methyl/N-ethyl adjacent to an activating group) is 1. The van der Waals surface area contributed by atoms with Gasteiger partial charge in [-0.25, -0.2) is 0 Å². The van der Waals surface area contributed by atoms with Crippen molar-refractivity contribution in [2.75, 3.05) is 27.3 Å². The summed E-state index contributed by atoms with van der Waals surface area (Å²) in [5.41, 5.74) is 1.13. The van der Waals surface area contributed by atoms with Crippen molar-refractivity contribution in [3.05, 3.63) is 35.4 Å². The van der Waals surface area contributed by atoms with Crippen molar-refractivity contribution in [1.29, 1.82) is 0 Å². The molecule has 23 heavy (non-hydrogen) atoms. The Morgan fingerprint density at radius 3 is 3.04 bits per heavy atom. The van der Waals surface area contributed by atoms with E-state index in [9.17, 15) is 9.90 Å². The fraction of sp³-hybridized carbons (Fsp3) is 0.500. The first kappa shape index (κ1) is 14.7. The van der Waals surface area contributed by atoms with Crippen LogP contribution in [-0.2, 0) is 11.2 Å². The number of piperidine rings is 1. The zero-order chi connectivity index (χ0) is 16.2. The van der Waals surface area contributed by atoms with Gasteiger partial charge in [-0.1, -0.05) is 6.07 Å². The van der Waals surface area contributed by atoms with Crippen LogP contribution >= 0.6 is 0 Å². The number of aliphatic hydroxyl groups is 1. The highest BCUT2D eigenvalue weighted by molar-refractivity contribution is 5.91. The number of hydrogen-bond donors (Lipinski definition) is 1. The molecule has 4 bridgehead atoms. The van der Waals surface area contributed by atoms with Crippen molar-refractivity contribution < 1.29 is 19.4 Å². The van der Waals surface area contributed by atoms with E-state index in [1.54, 1.807) is 13.2 Å². The standard InChI is InChI=1S/C18H21NO4/c1-19-8-6-13-16-11-3-4-14(22-2)17(16)23-10-12(20)5-7-18(13,21)15(19)9-11/h3-5,7,13,15,21H,6,8-10H2,1-2H3. The van der Waals surface area contributed by atoms with Crippen molar-refractivity contribution in [2.45, 2.75) is 30.4 Å². The molecule has 2 heterocycles. The van der Waals surface area contributed by atoms with E-state index >= 15 is 0 Å². The summed E-state index contributed by atoms with van der Waals surface area (Å²) in [6.07, 6.45) is 4.72. The fourth-order valence-corrected chi connectivity index (χ4v) is 4.34. The smallest absolute Gasteiger partial charge is 0.192 e. The van der Waals surface area contributed by atoms with Gasteiger partial charge in [0.25, 0.3) is 0 Å². The third-order valence-electron chi connectivity index (χ3n) is 5.52. The van der Waals surface area contributed by atoms with Gasteiger partial charge in [0, 0.05) is 17.5 Å². The minimum atomic E-state index is -1.05. The average Bonchev–Trinajstić information content (AvgIpc) is 2.58. The molecule has 4 rings (SSSR count). The second-order valence-electron chi connectivity index (χ2n) is 6.69. The van der Waals surface area contributed by atoms with Crippen molar-refractivity contribution in [2.24, 2.45) is 0 Å². The third-order valence-corrected chi connectivity index (χ3v) is 5.52. The molecular formula is C18H21NO4.